The van der Waals surface area contributed by atoms with E-state index in [1.54, 1.807) is 13.8 Å². The Bertz CT molecular complexity index is 240. The molecular weight excluding hydrogens is 194 g/mol. The molecule has 0 aromatic rings. The molecule has 0 radical (unpaired) electrons. The van der Waals surface area contributed by atoms with E-state index in [9.17, 15) is 4.79 Å². The molecule has 1 heterocycles. The lowest BCUT2D eigenvalue weighted by Gasteiger charge is -2.39. The third-order valence-corrected chi connectivity index (χ3v) is 2.91. The normalized spacial score (nSPS) is 29.1. The van der Waals surface area contributed by atoms with Gasteiger partial charge in [0.25, 0.3) is 0 Å². The van der Waals surface area contributed by atoms with Crippen molar-refractivity contribution in [2.45, 2.75) is 39.8 Å². The molecule has 1 aliphatic heterocycles. The van der Waals surface area contributed by atoms with Crippen LogP contribution in [0.1, 0.15) is 27.7 Å². The van der Waals surface area contributed by atoms with Crippen LogP contribution in [0, 0.1) is 5.41 Å². The van der Waals surface area contributed by atoms with Crippen molar-refractivity contribution in [3.05, 3.63) is 0 Å². The molecule has 0 bridgehead atoms. The molecule has 15 heavy (non-hydrogen) atoms. The molecule has 88 valence electrons. The van der Waals surface area contributed by atoms with E-state index in [4.69, 9.17) is 9.84 Å². The van der Waals surface area contributed by atoms with Crippen LogP contribution in [0.3, 0.4) is 0 Å². The number of hydrogen-bond acceptors (Lipinski definition) is 3. The van der Waals surface area contributed by atoms with Gasteiger partial charge in [-0.15, -0.1) is 0 Å². The fourth-order valence-electron chi connectivity index (χ4n) is 1.77. The van der Waals surface area contributed by atoms with Crippen LogP contribution in [0.2, 0.25) is 0 Å². The summed E-state index contributed by atoms with van der Waals surface area (Å²) in [6.07, 6.45) is 0.200. The highest BCUT2D eigenvalue weighted by Gasteiger charge is 2.33. The van der Waals surface area contributed by atoms with Crippen molar-refractivity contribution in [3.8, 4) is 0 Å². The van der Waals surface area contributed by atoms with E-state index in [-0.39, 0.29) is 6.10 Å². The number of ether oxygens (including phenoxy) is 1. The number of carboxylic acids is 1. The van der Waals surface area contributed by atoms with Crippen LogP contribution >= 0.6 is 0 Å². The van der Waals surface area contributed by atoms with Gasteiger partial charge < -0.3 is 9.84 Å². The number of hydrogen-bond donors (Lipinski definition) is 1. The summed E-state index contributed by atoms with van der Waals surface area (Å²) in [5.41, 5.74) is -0.689. The van der Waals surface area contributed by atoms with Crippen LogP contribution in [0.25, 0.3) is 0 Å². The predicted octanol–water partition coefficient (Wildman–Crippen LogP) is 1.21. The standard InChI is InChI=1S/C11H21NO3/c1-8-6-15-9(2)5-12(8)7-11(3,4)10(13)14/h8-9H,5-7H2,1-4H3,(H,13,14). The summed E-state index contributed by atoms with van der Waals surface area (Å²) in [5.74, 6) is -0.742. The molecule has 0 aromatic carbocycles. The Morgan fingerprint density at radius 1 is 1.53 bits per heavy atom. The number of carbonyl (C=O) groups is 1. The minimum atomic E-state index is -0.742. The van der Waals surface area contributed by atoms with Gasteiger partial charge in [-0.3, -0.25) is 9.69 Å². The van der Waals surface area contributed by atoms with Crippen molar-refractivity contribution in [2.75, 3.05) is 19.7 Å². The van der Waals surface area contributed by atoms with Gasteiger partial charge in [-0.25, -0.2) is 0 Å². The monoisotopic (exact) mass is 215 g/mol. The summed E-state index contributed by atoms with van der Waals surface area (Å²) in [4.78, 5) is 13.2. The Morgan fingerprint density at radius 3 is 2.67 bits per heavy atom. The van der Waals surface area contributed by atoms with E-state index in [1.807, 2.05) is 6.92 Å². The second kappa shape index (κ2) is 4.49. The second-order valence-corrected chi connectivity index (χ2v) is 5.11. The zero-order valence-electron chi connectivity index (χ0n) is 9.99. The fourth-order valence-corrected chi connectivity index (χ4v) is 1.77. The molecule has 2 atom stereocenters. The van der Waals surface area contributed by atoms with Crippen molar-refractivity contribution in [1.29, 1.82) is 0 Å². The average molecular weight is 215 g/mol. The molecule has 0 amide bonds. The van der Waals surface area contributed by atoms with E-state index in [0.29, 0.717) is 19.2 Å². The molecule has 1 N–H and O–H groups in total. The maximum absolute atomic E-state index is 11.0. The molecule has 1 rings (SSSR count). The van der Waals surface area contributed by atoms with Gasteiger partial charge in [-0.2, -0.15) is 0 Å². The summed E-state index contributed by atoms with van der Waals surface area (Å²) in [5, 5.41) is 9.07. The predicted molar refractivity (Wildman–Crippen MR) is 57.9 cm³/mol. The lowest BCUT2D eigenvalue weighted by atomic mass is 9.92. The van der Waals surface area contributed by atoms with Crippen LogP contribution in [-0.4, -0.2) is 47.8 Å². The van der Waals surface area contributed by atoms with Crippen LogP contribution in [0.15, 0.2) is 0 Å². The molecule has 0 saturated carbocycles. The zero-order valence-corrected chi connectivity index (χ0v) is 9.99. The number of morpholine rings is 1. The van der Waals surface area contributed by atoms with Crippen LogP contribution in [-0.2, 0) is 9.53 Å². The lowest BCUT2D eigenvalue weighted by molar-refractivity contribution is -0.150. The third-order valence-electron chi connectivity index (χ3n) is 2.91. The van der Waals surface area contributed by atoms with Gasteiger partial charge in [0, 0.05) is 19.1 Å². The zero-order chi connectivity index (χ0) is 11.6. The lowest BCUT2D eigenvalue weighted by Crippen LogP contribution is -2.51. The van der Waals surface area contributed by atoms with Crippen molar-refractivity contribution in [1.82, 2.24) is 4.90 Å². The van der Waals surface area contributed by atoms with Gasteiger partial charge in [0.2, 0.25) is 0 Å². The Labute approximate surface area is 91.2 Å². The highest BCUT2D eigenvalue weighted by molar-refractivity contribution is 5.73. The number of aliphatic carboxylic acids is 1. The molecule has 2 unspecified atom stereocenters. The van der Waals surface area contributed by atoms with E-state index < -0.39 is 11.4 Å². The Kier molecular flexibility index (Phi) is 3.73. The van der Waals surface area contributed by atoms with Gasteiger partial charge in [-0.05, 0) is 27.7 Å². The molecule has 0 spiro atoms. The summed E-state index contributed by atoms with van der Waals surface area (Å²) >= 11 is 0. The third kappa shape index (κ3) is 3.18. The Balaban J connectivity index is 2.59. The van der Waals surface area contributed by atoms with Gasteiger partial charge in [-0.1, -0.05) is 0 Å². The number of rotatable bonds is 3. The number of carboxylic acid groups (broad SMARTS) is 1. The van der Waals surface area contributed by atoms with E-state index in [1.165, 1.54) is 0 Å². The topological polar surface area (TPSA) is 49.8 Å². The maximum Gasteiger partial charge on any atom is 0.310 e. The molecule has 1 saturated heterocycles. The molecule has 1 aliphatic rings. The van der Waals surface area contributed by atoms with Crippen molar-refractivity contribution >= 4 is 5.97 Å². The highest BCUT2D eigenvalue weighted by atomic mass is 16.5. The smallest absolute Gasteiger partial charge is 0.310 e. The first-order valence-corrected chi connectivity index (χ1v) is 5.42. The fraction of sp³-hybridized carbons (Fsp3) is 0.909. The van der Waals surface area contributed by atoms with E-state index >= 15 is 0 Å². The Morgan fingerprint density at radius 2 is 2.13 bits per heavy atom. The van der Waals surface area contributed by atoms with Crippen molar-refractivity contribution < 1.29 is 14.6 Å². The van der Waals surface area contributed by atoms with Gasteiger partial charge in [0.05, 0.1) is 18.1 Å². The SMILES string of the molecule is CC1CN(CC(C)(C)C(=O)O)C(C)CO1. The van der Waals surface area contributed by atoms with Gasteiger partial charge in [0.1, 0.15) is 0 Å². The molecule has 1 fully saturated rings. The quantitative estimate of drug-likeness (QED) is 0.768. The largest absolute Gasteiger partial charge is 0.481 e. The molecule has 0 aromatic heterocycles. The first kappa shape index (κ1) is 12.5. The van der Waals surface area contributed by atoms with Crippen molar-refractivity contribution in [2.24, 2.45) is 5.41 Å². The van der Waals surface area contributed by atoms with Crippen LogP contribution < -0.4 is 0 Å². The summed E-state index contributed by atoms with van der Waals surface area (Å²) < 4.78 is 5.51. The second-order valence-electron chi connectivity index (χ2n) is 5.11. The van der Waals surface area contributed by atoms with Crippen molar-refractivity contribution in [3.63, 3.8) is 0 Å². The van der Waals surface area contributed by atoms with Gasteiger partial charge >= 0.3 is 5.97 Å². The Hall–Kier alpha value is -0.610. The summed E-state index contributed by atoms with van der Waals surface area (Å²) in [6.45, 7) is 9.72. The minimum absolute atomic E-state index is 0.200. The van der Waals surface area contributed by atoms with Crippen LogP contribution in [0.4, 0.5) is 0 Å². The summed E-state index contributed by atoms with van der Waals surface area (Å²) in [6, 6.07) is 0.305. The first-order valence-electron chi connectivity index (χ1n) is 5.42. The molecule has 4 heteroatoms. The van der Waals surface area contributed by atoms with E-state index in [2.05, 4.69) is 11.8 Å². The molecule has 0 aliphatic carbocycles. The summed E-state index contributed by atoms with van der Waals surface area (Å²) in [7, 11) is 0. The molecular formula is C11H21NO3. The maximum atomic E-state index is 11.0. The minimum Gasteiger partial charge on any atom is -0.481 e. The van der Waals surface area contributed by atoms with E-state index in [0.717, 1.165) is 6.54 Å². The van der Waals surface area contributed by atoms with Crippen LogP contribution in [0.5, 0.6) is 0 Å². The average Bonchev–Trinajstić information content (AvgIpc) is 2.10. The highest BCUT2D eigenvalue weighted by Crippen LogP contribution is 2.21. The van der Waals surface area contributed by atoms with Gasteiger partial charge in [0.15, 0.2) is 0 Å². The molecule has 4 nitrogen and oxygen atoms in total. The first-order chi connectivity index (χ1) is 6.83. The number of nitrogens with zero attached hydrogens (tertiary/aromatic N) is 1.